The number of hydrogen-bond donors (Lipinski definition) is 1. The molecule has 1 rings (SSSR count). The van der Waals surface area contributed by atoms with Gasteiger partial charge in [-0.2, -0.15) is 0 Å². The summed E-state index contributed by atoms with van der Waals surface area (Å²) in [6.07, 6.45) is 0. The fourth-order valence-corrected chi connectivity index (χ4v) is 0.584. The average Bonchev–Trinajstić information content (AvgIpc) is 2.43. The molecule has 0 aromatic carbocycles. The van der Waals surface area contributed by atoms with Gasteiger partial charge in [-0.25, -0.2) is 12.1 Å². The van der Waals surface area contributed by atoms with E-state index in [2.05, 4.69) is 11.1 Å². The number of rotatable bonds is 0. The Balaban J connectivity index is -0.000000144. The topological polar surface area (TPSA) is 94.5 Å². The summed E-state index contributed by atoms with van der Waals surface area (Å²) in [6, 6.07) is 4.95. The number of H-pyrrole nitrogens is 1. The van der Waals surface area contributed by atoms with Gasteiger partial charge in [0.2, 0.25) is 0 Å². The van der Waals surface area contributed by atoms with E-state index in [4.69, 9.17) is 21.0 Å². The predicted molar refractivity (Wildman–Crippen MR) is 42.6 cm³/mol. The first kappa shape index (κ1) is 17.3. The molecular weight excluding hydrogens is 330 g/mol. The van der Waals surface area contributed by atoms with Crippen molar-refractivity contribution in [1.82, 2.24) is 4.98 Å². The molecule has 5 nitrogen and oxygen atoms in total. The van der Waals surface area contributed by atoms with E-state index in [9.17, 15) is 0 Å². The molecule has 0 fully saturated rings. The first-order chi connectivity index (χ1) is 5.29. The minimum Gasteiger partial charge on any atom is -0.577 e. The molecule has 0 saturated heterocycles. The number of aromatic nitrogens is 1. The molecule has 0 bridgehead atoms. The Bertz CT molecular complexity index is 174. The molecule has 0 radical (unpaired) electrons. The van der Waals surface area contributed by atoms with Crippen LogP contribution in [0, 0.1) is 29.7 Å². The van der Waals surface area contributed by atoms with Crippen LogP contribution in [0.15, 0.2) is 6.07 Å². The molecule has 0 atom stereocenters. The summed E-state index contributed by atoms with van der Waals surface area (Å²) in [5.41, 5.74) is 13.8. The Kier molecular flexibility index (Phi) is 18.5. The van der Waals surface area contributed by atoms with Gasteiger partial charge in [0.1, 0.15) is 0 Å². The van der Waals surface area contributed by atoms with Crippen LogP contribution in [0.25, 0.3) is 11.2 Å². The van der Waals surface area contributed by atoms with Crippen molar-refractivity contribution in [3.05, 3.63) is 44.5 Å². The summed E-state index contributed by atoms with van der Waals surface area (Å²) in [5, 5.41) is 0. The minimum absolute atomic E-state index is 0. The molecule has 12 heavy (non-hydrogen) atoms. The second kappa shape index (κ2) is 12.8. The van der Waals surface area contributed by atoms with Crippen LogP contribution < -0.4 is 0 Å². The molecule has 0 unspecified atom stereocenters. The maximum atomic E-state index is 7.25. The van der Waals surface area contributed by atoms with Gasteiger partial charge >= 0.3 is 0 Å². The van der Waals surface area contributed by atoms with Gasteiger partial charge in [0.05, 0.1) is 0 Å². The minimum atomic E-state index is 0. The fraction of sp³-hybridized carbons (Fsp3) is 0.333. The monoisotopic (exact) mass is 338 g/mol. The first-order valence-electron chi connectivity index (χ1n) is 2.69. The molecule has 1 N–H and O–H groups in total. The third-order valence-electron chi connectivity index (χ3n) is 0.890. The molecule has 0 aliphatic heterocycles. The van der Waals surface area contributed by atoms with Crippen LogP contribution in [0.5, 0.6) is 0 Å². The first-order valence-corrected chi connectivity index (χ1v) is 2.69. The largest absolute Gasteiger partial charge is 0.577 e. The van der Waals surface area contributed by atoms with E-state index in [1.807, 2.05) is 19.9 Å². The van der Waals surface area contributed by atoms with Gasteiger partial charge in [-0.05, 0) is 6.92 Å². The molecule has 1 heterocycles. The second-order valence-corrected chi connectivity index (χ2v) is 1.72. The number of nitrogens with one attached hydrogen (secondary N) is 1. The summed E-state index contributed by atoms with van der Waals surface area (Å²) < 4.78 is 0. The van der Waals surface area contributed by atoms with E-state index in [0.717, 1.165) is 5.69 Å². The number of nitroso groups, excluding NO2 is 2. The van der Waals surface area contributed by atoms with Crippen molar-refractivity contribution in [2.24, 2.45) is 0 Å². The molecule has 0 amide bonds. The van der Waals surface area contributed by atoms with Crippen LogP contribution in [-0.2, 0) is 21.1 Å². The van der Waals surface area contributed by atoms with E-state index < -0.39 is 0 Å². The Morgan fingerprint density at radius 1 is 1.25 bits per heavy atom. The van der Waals surface area contributed by atoms with Gasteiger partial charge in [0.15, 0.2) is 0 Å². The van der Waals surface area contributed by atoms with E-state index >= 15 is 0 Å². The quantitative estimate of drug-likeness (QED) is 0.733. The molecule has 0 saturated carbocycles. The zero-order valence-electron chi connectivity index (χ0n) is 6.70. The number of aryl methyl sites for hydroxylation is 2. The fourth-order valence-electron chi connectivity index (χ4n) is 0.584. The van der Waals surface area contributed by atoms with Crippen LogP contribution in [0.3, 0.4) is 0 Å². The predicted octanol–water partition coefficient (Wildman–Crippen LogP) is 2.07. The summed E-state index contributed by atoms with van der Waals surface area (Å²) in [7, 11) is 0. The van der Waals surface area contributed by atoms with E-state index in [1.54, 1.807) is 0 Å². The van der Waals surface area contributed by atoms with Crippen molar-refractivity contribution in [3.8, 4) is 0 Å². The van der Waals surface area contributed by atoms with Crippen molar-refractivity contribution in [2.45, 2.75) is 13.8 Å². The molecule has 1 aromatic rings. The summed E-state index contributed by atoms with van der Waals surface area (Å²) >= 11 is 0. The van der Waals surface area contributed by atoms with Crippen molar-refractivity contribution in [3.63, 3.8) is 0 Å². The molecule has 68 valence electrons. The molecule has 0 aliphatic rings. The normalized spacial score (nSPS) is 6.17. The number of nitrogens with zero attached hydrogens (tertiary/aromatic N) is 2. The molecule has 0 aliphatic carbocycles. The van der Waals surface area contributed by atoms with Gasteiger partial charge in [-0.3, -0.25) is 0 Å². The summed E-state index contributed by atoms with van der Waals surface area (Å²) in [6.45, 7) is 4.01. The third-order valence-corrected chi connectivity index (χ3v) is 0.890. The van der Waals surface area contributed by atoms with E-state index in [-0.39, 0.29) is 21.1 Å². The van der Waals surface area contributed by atoms with Gasteiger partial charge in [0, 0.05) is 21.1 Å². The van der Waals surface area contributed by atoms with Crippen LogP contribution in [0.2, 0.25) is 0 Å². The Morgan fingerprint density at radius 2 is 1.67 bits per heavy atom. The van der Waals surface area contributed by atoms with E-state index in [0.29, 0.717) is 0 Å². The molecule has 6 heteroatoms. The van der Waals surface area contributed by atoms with Gasteiger partial charge < -0.3 is 26.0 Å². The summed E-state index contributed by atoms with van der Waals surface area (Å²) in [4.78, 5) is 17.6. The van der Waals surface area contributed by atoms with Gasteiger partial charge in [-0.1, -0.05) is 12.6 Å². The van der Waals surface area contributed by atoms with Crippen molar-refractivity contribution >= 4 is 0 Å². The van der Waals surface area contributed by atoms with E-state index in [1.165, 1.54) is 5.69 Å². The number of aromatic amines is 1. The van der Waals surface area contributed by atoms with Crippen LogP contribution in [-0.4, -0.2) is 4.98 Å². The molecular formula is C6H8N3O2W-3. The van der Waals surface area contributed by atoms with Crippen molar-refractivity contribution in [2.75, 3.05) is 0 Å². The van der Waals surface area contributed by atoms with Crippen molar-refractivity contribution in [1.29, 1.82) is 0 Å². The second-order valence-electron chi connectivity index (χ2n) is 1.72. The smallest absolute Gasteiger partial charge is 0 e. The standard InChI is InChI=1S/C6H8N.2NO.W/c1-5-3-4-6(2)7-5;2*1-2;/h3,7H,1-2H3;;;/q3*-1;. The van der Waals surface area contributed by atoms with Gasteiger partial charge in [-0.15, -0.1) is 5.69 Å². The van der Waals surface area contributed by atoms with Crippen LogP contribution in [0.4, 0.5) is 0 Å². The SMILES string of the molecule is Cc1[c-]cc(C)[nH]1.[N-]=O.[N-]=O.[W]. The maximum Gasteiger partial charge on any atom is 0 e. The molecule has 1 aromatic heterocycles. The summed E-state index contributed by atoms with van der Waals surface area (Å²) in [5.74, 6) is 0. The Hall–Kier alpha value is -0.832. The zero-order chi connectivity index (χ0) is 9.28. The molecule has 0 spiro atoms. The van der Waals surface area contributed by atoms with Crippen molar-refractivity contribution < 1.29 is 21.1 Å². The zero-order valence-corrected chi connectivity index (χ0v) is 9.63. The van der Waals surface area contributed by atoms with Crippen LogP contribution in [0.1, 0.15) is 11.4 Å². The van der Waals surface area contributed by atoms with Crippen LogP contribution >= 0.6 is 0 Å². The Labute approximate surface area is 84.7 Å². The average molecular weight is 338 g/mol. The maximum absolute atomic E-state index is 7.25. The third kappa shape index (κ3) is 9.17. The number of hydrogen-bond acceptors (Lipinski definition) is 2. The Morgan fingerprint density at radius 3 is 1.75 bits per heavy atom. The van der Waals surface area contributed by atoms with Gasteiger partial charge in [0.25, 0.3) is 0 Å².